The topological polar surface area (TPSA) is 75.1 Å². The van der Waals surface area contributed by atoms with Gasteiger partial charge in [-0.2, -0.15) is 0 Å². The number of hydrogen-bond acceptors (Lipinski definition) is 4. The Hall–Kier alpha value is -1.65. The van der Waals surface area contributed by atoms with E-state index in [-0.39, 0.29) is 12.0 Å². The highest BCUT2D eigenvalue weighted by Crippen LogP contribution is 2.27. The van der Waals surface area contributed by atoms with Gasteiger partial charge in [-0.3, -0.25) is 4.79 Å². The van der Waals surface area contributed by atoms with Crippen molar-refractivity contribution in [1.82, 2.24) is 9.97 Å². The van der Waals surface area contributed by atoms with Crippen LogP contribution in [0.15, 0.2) is 12.4 Å². The Kier molecular flexibility index (Phi) is 4.35. The minimum Gasteiger partial charge on any atom is -0.481 e. The summed E-state index contributed by atoms with van der Waals surface area (Å²) >= 11 is 0. The van der Waals surface area contributed by atoms with E-state index in [2.05, 4.69) is 29.1 Å². The maximum atomic E-state index is 11.3. The second-order valence-electron chi connectivity index (χ2n) is 5.46. The molecule has 2 unspecified atom stereocenters. The smallest absolute Gasteiger partial charge is 0.308 e. The Morgan fingerprint density at radius 3 is 2.79 bits per heavy atom. The largest absolute Gasteiger partial charge is 0.481 e. The lowest BCUT2D eigenvalue weighted by molar-refractivity contribution is -0.143. The van der Waals surface area contributed by atoms with Gasteiger partial charge < -0.3 is 10.4 Å². The highest BCUT2D eigenvalue weighted by atomic mass is 16.4. The predicted octanol–water partition coefficient (Wildman–Crippen LogP) is 2.66. The zero-order valence-corrected chi connectivity index (χ0v) is 11.5. The summed E-state index contributed by atoms with van der Waals surface area (Å²) in [7, 11) is 0. The Bertz CT molecular complexity index is 448. The zero-order chi connectivity index (χ0) is 13.8. The molecule has 0 spiro atoms. The molecule has 1 aliphatic carbocycles. The first kappa shape index (κ1) is 13.8. The van der Waals surface area contributed by atoms with E-state index in [0.29, 0.717) is 5.92 Å². The minimum absolute atomic E-state index is 0.0267. The molecule has 1 heterocycles. The van der Waals surface area contributed by atoms with Crippen LogP contribution < -0.4 is 5.32 Å². The third-order valence-electron chi connectivity index (χ3n) is 3.70. The summed E-state index contributed by atoms with van der Waals surface area (Å²) in [5.41, 5.74) is 0.972. The molecule has 0 saturated heterocycles. The third kappa shape index (κ3) is 3.43. The molecule has 1 aromatic heterocycles. The molecule has 1 aliphatic rings. The number of rotatable bonds is 4. The van der Waals surface area contributed by atoms with Gasteiger partial charge in [0.15, 0.2) is 0 Å². The quantitative estimate of drug-likeness (QED) is 0.873. The fourth-order valence-corrected chi connectivity index (χ4v) is 2.56. The van der Waals surface area contributed by atoms with E-state index >= 15 is 0 Å². The van der Waals surface area contributed by atoms with E-state index in [4.69, 9.17) is 0 Å². The van der Waals surface area contributed by atoms with Gasteiger partial charge in [-0.15, -0.1) is 0 Å². The molecule has 0 aromatic carbocycles. The van der Waals surface area contributed by atoms with Gasteiger partial charge in [-0.25, -0.2) is 9.97 Å². The number of nitrogens with zero attached hydrogens (tertiary/aromatic N) is 2. The van der Waals surface area contributed by atoms with E-state index in [0.717, 1.165) is 37.2 Å². The zero-order valence-electron chi connectivity index (χ0n) is 11.5. The van der Waals surface area contributed by atoms with Crippen LogP contribution in [0.2, 0.25) is 0 Å². The van der Waals surface area contributed by atoms with Gasteiger partial charge in [0.05, 0.1) is 5.92 Å². The van der Waals surface area contributed by atoms with Crippen LogP contribution >= 0.6 is 0 Å². The number of aromatic nitrogens is 2. The number of carboxylic acids is 1. The van der Waals surface area contributed by atoms with Crippen molar-refractivity contribution in [2.75, 3.05) is 5.32 Å². The minimum atomic E-state index is -0.713. The van der Waals surface area contributed by atoms with Gasteiger partial charge in [0, 0.05) is 17.8 Å². The van der Waals surface area contributed by atoms with Gasteiger partial charge in [-0.05, 0) is 18.8 Å². The normalized spacial score (nSPS) is 23.3. The fourth-order valence-electron chi connectivity index (χ4n) is 2.56. The van der Waals surface area contributed by atoms with Crippen LogP contribution in [-0.4, -0.2) is 27.1 Å². The molecule has 0 aliphatic heterocycles. The second-order valence-corrected chi connectivity index (χ2v) is 5.46. The van der Waals surface area contributed by atoms with Gasteiger partial charge >= 0.3 is 5.97 Å². The predicted molar refractivity (Wildman–Crippen MR) is 73.1 cm³/mol. The van der Waals surface area contributed by atoms with Crippen molar-refractivity contribution in [3.63, 3.8) is 0 Å². The summed E-state index contributed by atoms with van der Waals surface area (Å²) in [6.45, 7) is 4.15. The number of carbonyl (C=O) groups is 1. The van der Waals surface area contributed by atoms with Crippen molar-refractivity contribution in [2.45, 2.75) is 51.5 Å². The highest BCUT2D eigenvalue weighted by molar-refractivity contribution is 5.71. The Labute approximate surface area is 113 Å². The van der Waals surface area contributed by atoms with Crippen molar-refractivity contribution in [3.05, 3.63) is 18.1 Å². The van der Waals surface area contributed by atoms with Crippen LogP contribution in [0.25, 0.3) is 0 Å². The molecule has 19 heavy (non-hydrogen) atoms. The molecule has 2 N–H and O–H groups in total. The van der Waals surface area contributed by atoms with Crippen LogP contribution in [0.4, 0.5) is 5.82 Å². The number of aliphatic carboxylic acids is 1. The summed E-state index contributed by atoms with van der Waals surface area (Å²) < 4.78 is 0. The SMILES string of the molecule is CC(C)c1cc(NC2CCCCC2C(=O)O)ncn1. The molecule has 5 nitrogen and oxygen atoms in total. The maximum Gasteiger partial charge on any atom is 0.308 e. The van der Waals surface area contributed by atoms with Crippen LogP contribution in [0.1, 0.15) is 51.1 Å². The van der Waals surface area contributed by atoms with E-state index in [9.17, 15) is 9.90 Å². The molecular formula is C14H21N3O2. The molecule has 104 valence electrons. The van der Waals surface area contributed by atoms with Crippen molar-refractivity contribution in [3.8, 4) is 0 Å². The average molecular weight is 263 g/mol. The van der Waals surface area contributed by atoms with Gasteiger partial charge in [0.1, 0.15) is 12.1 Å². The molecule has 1 fully saturated rings. The number of hydrogen-bond donors (Lipinski definition) is 2. The Balaban J connectivity index is 2.10. The summed E-state index contributed by atoms with van der Waals surface area (Å²) in [6.07, 6.45) is 5.24. The first-order valence-electron chi connectivity index (χ1n) is 6.89. The molecule has 2 atom stereocenters. The number of carboxylic acid groups (broad SMARTS) is 1. The lowest BCUT2D eigenvalue weighted by Gasteiger charge is -2.29. The first-order chi connectivity index (χ1) is 9.08. The van der Waals surface area contributed by atoms with Crippen LogP contribution in [-0.2, 0) is 4.79 Å². The second kappa shape index (κ2) is 5.99. The Morgan fingerprint density at radius 2 is 2.11 bits per heavy atom. The molecule has 1 aromatic rings. The molecule has 0 bridgehead atoms. The molecule has 1 saturated carbocycles. The van der Waals surface area contributed by atoms with E-state index in [1.807, 2.05) is 6.07 Å². The van der Waals surface area contributed by atoms with Crippen molar-refractivity contribution < 1.29 is 9.90 Å². The van der Waals surface area contributed by atoms with Gasteiger partial charge in [0.2, 0.25) is 0 Å². The van der Waals surface area contributed by atoms with Crippen LogP contribution in [0.3, 0.4) is 0 Å². The summed E-state index contributed by atoms with van der Waals surface area (Å²) in [5, 5.41) is 12.5. The number of anilines is 1. The molecular weight excluding hydrogens is 242 g/mol. The molecule has 5 heteroatoms. The standard InChI is InChI=1S/C14H21N3O2/c1-9(2)12-7-13(16-8-15-12)17-11-6-4-3-5-10(11)14(18)19/h7-11H,3-6H2,1-2H3,(H,18,19)(H,15,16,17). The molecule has 0 amide bonds. The highest BCUT2D eigenvalue weighted by Gasteiger charge is 2.30. The average Bonchev–Trinajstić information content (AvgIpc) is 2.39. The maximum absolute atomic E-state index is 11.3. The van der Waals surface area contributed by atoms with E-state index in [1.54, 1.807) is 0 Å². The van der Waals surface area contributed by atoms with Crippen LogP contribution in [0, 0.1) is 5.92 Å². The fraction of sp³-hybridized carbons (Fsp3) is 0.643. The van der Waals surface area contributed by atoms with Crippen molar-refractivity contribution in [2.24, 2.45) is 5.92 Å². The van der Waals surface area contributed by atoms with E-state index in [1.165, 1.54) is 6.33 Å². The lowest BCUT2D eigenvalue weighted by atomic mass is 9.84. The van der Waals surface area contributed by atoms with Gasteiger partial charge in [-0.1, -0.05) is 26.7 Å². The van der Waals surface area contributed by atoms with Crippen LogP contribution in [0.5, 0.6) is 0 Å². The molecule has 2 rings (SSSR count). The Morgan fingerprint density at radius 1 is 1.37 bits per heavy atom. The third-order valence-corrected chi connectivity index (χ3v) is 3.70. The first-order valence-corrected chi connectivity index (χ1v) is 6.89. The summed E-state index contributed by atoms with van der Waals surface area (Å²) in [5.74, 6) is 0.0450. The van der Waals surface area contributed by atoms with Crippen molar-refractivity contribution >= 4 is 11.8 Å². The van der Waals surface area contributed by atoms with Crippen molar-refractivity contribution in [1.29, 1.82) is 0 Å². The van der Waals surface area contributed by atoms with Gasteiger partial charge in [0.25, 0.3) is 0 Å². The molecule has 0 radical (unpaired) electrons. The number of nitrogens with one attached hydrogen (secondary N) is 1. The summed E-state index contributed by atoms with van der Waals surface area (Å²) in [4.78, 5) is 19.7. The monoisotopic (exact) mass is 263 g/mol. The lowest BCUT2D eigenvalue weighted by Crippen LogP contribution is -2.37. The summed E-state index contributed by atoms with van der Waals surface area (Å²) in [6, 6.07) is 1.89. The van der Waals surface area contributed by atoms with E-state index < -0.39 is 5.97 Å².